The molecule has 33 heavy (non-hydrogen) atoms. The van der Waals surface area contributed by atoms with Crippen molar-refractivity contribution >= 4 is 32.6 Å². The lowest BCUT2D eigenvalue weighted by molar-refractivity contribution is 0.0985. The zero-order chi connectivity index (χ0) is 23.2. The van der Waals surface area contributed by atoms with Crippen LogP contribution in [0.3, 0.4) is 0 Å². The first kappa shape index (κ1) is 23.3. The molecule has 0 aliphatic carbocycles. The number of unbranched alkanes of at least 4 members (excludes halogenated alkanes) is 1. The van der Waals surface area contributed by atoms with E-state index in [9.17, 15) is 4.79 Å². The second-order valence-corrected chi connectivity index (χ2v) is 9.31. The molecule has 0 atom stereocenters. The topological polar surface area (TPSA) is 64.1 Å². The smallest absolute Gasteiger partial charge is 0.260 e. The Morgan fingerprint density at radius 1 is 1.09 bits per heavy atom. The van der Waals surface area contributed by atoms with Crippen molar-refractivity contribution in [2.24, 2.45) is 0 Å². The van der Waals surface area contributed by atoms with E-state index >= 15 is 0 Å². The molecule has 3 aromatic rings. The van der Waals surface area contributed by atoms with Gasteiger partial charge in [-0.2, -0.15) is 0 Å². The van der Waals surface area contributed by atoms with Gasteiger partial charge < -0.3 is 19.1 Å². The Morgan fingerprint density at radius 2 is 1.88 bits per heavy atom. The van der Waals surface area contributed by atoms with Gasteiger partial charge in [0, 0.05) is 24.2 Å². The first-order valence-electron chi connectivity index (χ1n) is 11.4. The summed E-state index contributed by atoms with van der Waals surface area (Å²) in [5, 5.41) is 0.674. The molecule has 7 nitrogen and oxygen atoms in total. The third kappa shape index (κ3) is 5.75. The number of carbonyl (C=O) groups excluding carboxylic acids is 1. The fourth-order valence-electron chi connectivity index (χ4n) is 3.61. The van der Waals surface area contributed by atoms with Crippen molar-refractivity contribution in [1.82, 2.24) is 9.88 Å². The van der Waals surface area contributed by atoms with Crippen LogP contribution in [0.1, 0.15) is 36.5 Å². The molecule has 0 N–H and O–H groups in total. The van der Waals surface area contributed by atoms with Crippen molar-refractivity contribution in [3.63, 3.8) is 0 Å². The van der Waals surface area contributed by atoms with E-state index in [2.05, 4.69) is 11.8 Å². The lowest BCUT2D eigenvalue weighted by Gasteiger charge is -2.21. The van der Waals surface area contributed by atoms with Crippen LogP contribution < -0.4 is 19.1 Å². The molecule has 0 radical (unpaired) electrons. The minimum Gasteiger partial charge on any atom is -0.494 e. The Labute approximate surface area is 198 Å². The summed E-state index contributed by atoms with van der Waals surface area (Å²) in [6, 6.07) is 11.3. The summed E-state index contributed by atoms with van der Waals surface area (Å²) < 4.78 is 18.2. The quantitative estimate of drug-likeness (QED) is 0.396. The molecular formula is C25H31N3O4S. The van der Waals surface area contributed by atoms with Gasteiger partial charge in [-0.15, -0.1) is 0 Å². The van der Waals surface area contributed by atoms with Crippen molar-refractivity contribution in [1.29, 1.82) is 0 Å². The highest BCUT2D eigenvalue weighted by Gasteiger charge is 2.23. The lowest BCUT2D eigenvalue weighted by Crippen LogP contribution is -2.33. The number of rotatable bonds is 10. The predicted octanol–water partition coefficient (Wildman–Crippen LogP) is 4.84. The van der Waals surface area contributed by atoms with Crippen LogP contribution >= 0.6 is 11.3 Å². The van der Waals surface area contributed by atoms with Crippen LogP contribution in [0.15, 0.2) is 36.4 Å². The number of hydrogen-bond donors (Lipinski definition) is 0. The average molecular weight is 470 g/mol. The van der Waals surface area contributed by atoms with E-state index < -0.39 is 0 Å². The minimum absolute atomic E-state index is 0.0778. The molecule has 1 aliphatic rings. The Balaban J connectivity index is 1.62. The highest BCUT2D eigenvalue weighted by molar-refractivity contribution is 7.22. The SMILES string of the molecule is CCCCOc1cccc(C(=O)N(CCCN(C)C)c2nc3cc4c(cc3s2)OCCO4)c1. The molecule has 176 valence electrons. The monoisotopic (exact) mass is 469 g/mol. The van der Waals surface area contributed by atoms with Gasteiger partial charge in [-0.1, -0.05) is 30.7 Å². The number of fused-ring (bicyclic) bond motifs is 2. The second kappa shape index (κ2) is 10.9. The number of thiazole rings is 1. The molecule has 4 rings (SSSR count). The van der Waals surface area contributed by atoms with E-state index in [0.29, 0.717) is 48.6 Å². The van der Waals surface area contributed by atoms with Gasteiger partial charge in [-0.25, -0.2) is 4.98 Å². The van der Waals surface area contributed by atoms with E-state index in [1.54, 1.807) is 4.90 Å². The van der Waals surface area contributed by atoms with Gasteiger partial charge in [0.05, 0.1) is 16.8 Å². The maximum absolute atomic E-state index is 13.6. The van der Waals surface area contributed by atoms with Gasteiger partial charge in [0.1, 0.15) is 19.0 Å². The highest BCUT2D eigenvalue weighted by atomic mass is 32.1. The van der Waals surface area contributed by atoms with E-state index in [1.165, 1.54) is 11.3 Å². The first-order chi connectivity index (χ1) is 16.0. The summed E-state index contributed by atoms with van der Waals surface area (Å²) in [5.41, 5.74) is 1.40. The van der Waals surface area contributed by atoms with Gasteiger partial charge in [0.15, 0.2) is 16.6 Å². The summed E-state index contributed by atoms with van der Waals surface area (Å²) in [7, 11) is 4.07. The van der Waals surface area contributed by atoms with Crippen molar-refractivity contribution in [2.75, 3.05) is 51.9 Å². The molecule has 0 bridgehead atoms. The number of aromatic nitrogens is 1. The number of nitrogens with zero attached hydrogens (tertiary/aromatic N) is 3. The predicted molar refractivity (Wildman–Crippen MR) is 132 cm³/mol. The third-order valence-corrected chi connectivity index (χ3v) is 6.39. The summed E-state index contributed by atoms with van der Waals surface area (Å²) in [5.74, 6) is 2.07. The molecule has 8 heteroatoms. The zero-order valence-corrected chi connectivity index (χ0v) is 20.3. The Bertz CT molecular complexity index is 1060. The van der Waals surface area contributed by atoms with Crippen LogP contribution in [-0.4, -0.2) is 62.8 Å². The molecule has 0 unspecified atom stereocenters. The number of amides is 1. The van der Waals surface area contributed by atoms with Gasteiger partial charge in [0.2, 0.25) is 0 Å². The molecule has 0 saturated carbocycles. The molecule has 0 fully saturated rings. The fraction of sp³-hybridized carbons (Fsp3) is 0.440. The second-order valence-electron chi connectivity index (χ2n) is 8.30. The normalized spacial score (nSPS) is 12.8. The van der Waals surface area contributed by atoms with Crippen LogP contribution in [0.2, 0.25) is 0 Å². The van der Waals surface area contributed by atoms with E-state index in [0.717, 1.165) is 41.8 Å². The number of hydrogen-bond acceptors (Lipinski definition) is 7. The van der Waals surface area contributed by atoms with E-state index in [4.69, 9.17) is 19.2 Å². The van der Waals surface area contributed by atoms with Crippen LogP contribution in [-0.2, 0) is 0 Å². The number of benzene rings is 2. The highest BCUT2D eigenvalue weighted by Crippen LogP contribution is 2.39. The number of ether oxygens (including phenoxy) is 3. The molecule has 2 aromatic carbocycles. The maximum atomic E-state index is 13.6. The van der Waals surface area contributed by atoms with Gasteiger partial charge >= 0.3 is 0 Å². The molecule has 1 aromatic heterocycles. The molecule has 1 aliphatic heterocycles. The molecule has 1 amide bonds. The number of carbonyl (C=O) groups is 1. The summed E-state index contributed by atoms with van der Waals surface area (Å²) in [4.78, 5) is 22.3. The van der Waals surface area contributed by atoms with Crippen LogP contribution in [0.4, 0.5) is 5.13 Å². The third-order valence-electron chi connectivity index (χ3n) is 5.35. The van der Waals surface area contributed by atoms with E-state index in [-0.39, 0.29) is 5.91 Å². The van der Waals surface area contributed by atoms with Gasteiger partial charge in [-0.05, 0) is 51.7 Å². The average Bonchev–Trinajstić information content (AvgIpc) is 3.22. The lowest BCUT2D eigenvalue weighted by atomic mass is 10.2. The van der Waals surface area contributed by atoms with Crippen LogP contribution in [0, 0.1) is 0 Å². The summed E-state index contributed by atoms with van der Waals surface area (Å²) in [6.45, 7) is 5.29. The van der Waals surface area contributed by atoms with Crippen molar-refractivity contribution in [2.45, 2.75) is 26.2 Å². The van der Waals surface area contributed by atoms with E-state index in [1.807, 2.05) is 50.5 Å². The van der Waals surface area contributed by atoms with Gasteiger partial charge in [0.25, 0.3) is 5.91 Å². The fourth-order valence-corrected chi connectivity index (χ4v) is 4.61. The van der Waals surface area contributed by atoms with Crippen molar-refractivity contribution < 1.29 is 19.0 Å². The molecule has 2 heterocycles. The summed E-state index contributed by atoms with van der Waals surface area (Å²) in [6.07, 6.45) is 2.89. The Hall–Kier alpha value is -2.84. The Morgan fingerprint density at radius 3 is 2.64 bits per heavy atom. The molecule has 0 saturated heterocycles. The maximum Gasteiger partial charge on any atom is 0.260 e. The molecular weight excluding hydrogens is 438 g/mol. The summed E-state index contributed by atoms with van der Waals surface area (Å²) >= 11 is 1.49. The minimum atomic E-state index is -0.0778. The largest absolute Gasteiger partial charge is 0.494 e. The first-order valence-corrected chi connectivity index (χ1v) is 12.3. The number of anilines is 1. The Kier molecular flexibility index (Phi) is 7.67. The standard InChI is InChI=1S/C25H31N3O4S/c1-4-5-12-30-19-9-6-8-18(15-19)24(29)28(11-7-10-27(2)3)25-26-20-16-21-22(17-23(20)33-25)32-14-13-31-21/h6,8-9,15-17H,4-5,7,10-14H2,1-3H3. The van der Waals surface area contributed by atoms with Gasteiger partial charge in [-0.3, -0.25) is 9.69 Å². The zero-order valence-electron chi connectivity index (χ0n) is 19.5. The van der Waals surface area contributed by atoms with Crippen LogP contribution in [0.5, 0.6) is 17.2 Å². The van der Waals surface area contributed by atoms with Crippen molar-refractivity contribution in [3.8, 4) is 17.2 Å². The van der Waals surface area contributed by atoms with Crippen molar-refractivity contribution in [3.05, 3.63) is 42.0 Å². The van der Waals surface area contributed by atoms with Crippen LogP contribution in [0.25, 0.3) is 10.2 Å². The molecule has 0 spiro atoms.